The molecule has 0 spiro atoms. The fourth-order valence-electron chi connectivity index (χ4n) is 3.44. The zero-order valence-electron chi connectivity index (χ0n) is 16.2. The molecule has 1 amide bonds. The normalized spacial score (nSPS) is 14.7. The third-order valence-corrected chi connectivity index (χ3v) is 5.02. The first-order valence-electron chi connectivity index (χ1n) is 9.32. The number of carbonyl (C=O) groups is 1. The molecule has 0 aliphatic carbocycles. The average molecular weight is 369 g/mol. The Kier molecular flexibility index (Phi) is 6.22. The molecule has 0 bridgehead atoms. The van der Waals surface area contributed by atoms with Gasteiger partial charge in [-0.25, -0.2) is 0 Å². The fraction of sp³-hybridized carbons (Fsp3) is 0.409. The predicted molar refractivity (Wildman–Crippen MR) is 105 cm³/mol. The fourth-order valence-corrected chi connectivity index (χ4v) is 3.44. The summed E-state index contributed by atoms with van der Waals surface area (Å²) in [5, 5.41) is 0. The summed E-state index contributed by atoms with van der Waals surface area (Å²) >= 11 is 0. The Hall–Kier alpha value is -2.69. The van der Waals surface area contributed by atoms with Crippen LogP contribution in [0, 0.1) is 12.8 Å². The van der Waals surface area contributed by atoms with E-state index < -0.39 is 0 Å². The van der Waals surface area contributed by atoms with Crippen LogP contribution in [0.25, 0.3) is 0 Å². The zero-order chi connectivity index (χ0) is 19.2. The minimum Gasteiger partial charge on any atom is -0.496 e. The van der Waals surface area contributed by atoms with Crippen LogP contribution in [-0.2, 0) is 0 Å². The second-order valence-corrected chi connectivity index (χ2v) is 6.90. The molecule has 27 heavy (non-hydrogen) atoms. The van der Waals surface area contributed by atoms with Crippen LogP contribution < -0.4 is 14.2 Å². The highest BCUT2D eigenvalue weighted by Gasteiger charge is 2.28. The molecule has 144 valence electrons. The van der Waals surface area contributed by atoms with E-state index in [1.807, 2.05) is 29.2 Å². The van der Waals surface area contributed by atoms with Gasteiger partial charge in [-0.15, -0.1) is 0 Å². The summed E-state index contributed by atoms with van der Waals surface area (Å²) in [4.78, 5) is 14.9. The molecule has 5 nitrogen and oxygen atoms in total. The molecule has 2 aromatic carbocycles. The average Bonchev–Trinajstić information content (AvgIpc) is 2.71. The van der Waals surface area contributed by atoms with E-state index in [1.54, 1.807) is 26.4 Å². The SMILES string of the molecule is COc1cccc(OC)c1C(=O)N1CCC(COc2cccc(C)c2)CC1. The van der Waals surface area contributed by atoms with Crippen LogP contribution in [0.4, 0.5) is 0 Å². The first-order valence-corrected chi connectivity index (χ1v) is 9.32. The van der Waals surface area contributed by atoms with Crippen molar-refractivity contribution in [2.24, 2.45) is 5.92 Å². The van der Waals surface area contributed by atoms with E-state index in [4.69, 9.17) is 14.2 Å². The first kappa shape index (κ1) is 19.1. The van der Waals surface area contributed by atoms with Crippen LogP contribution in [0.2, 0.25) is 0 Å². The van der Waals surface area contributed by atoms with Crippen molar-refractivity contribution >= 4 is 5.91 Å². The first-order chi connectivity index (χ1) is 13.1. The minimum absolute atomic E-state index is 0.0395. The van der Waals surface area contributed by atoms with Crippen molar-refractivity contribution in [2.45, 2.75) is 19.8 Å². The summed E-state index contributed by atoms with van der Waals surface area (Å²) in [5.74, 6) is 2.41. The van der Waals surface area contributed by atoms with Crippen molar-refractivity contribution in [3.63, 3.8) is 0 Å². The summed E-state index contributed by atoms with van der Waals surface area (Å²) in [5.41, 5.74) is 1.69. The number of hydrogen-bond donors (Lipinski definition) is 0. The van der Waals surface area contributed by atoms with Gasteiger partial charge in [-0.1, -0.05) is 18.2 Å². The summed E-state index contributed by atoms with van der Waals surface area (Å²) < 4.78 is 16.7. The van der Waals surface area contributed by atoms with Gasteiger partial charge in [0.25, 0.3) is 5.91 Å². The second-order valence-electron chi connectivity index (χ2n) is 6.90. The monoisotopic (exact) mass is 369 g/mol. The van der Waals surface area contributed by atoms with Crippen LogP contribution in [0.5, 0.6) is 17.2 Å². The minimum atomic E-state index is -0.0395. The van der Waals surface area contributed by atoms with Crippen molar-refractivity contribution in [1.82, 2.24) is 4.90 Å². The Morgan fingerprint density at radius 2 is 1.67 bits per heavy atom. The van der Waals surface area contributed by atoms with E-state index in [0.29, 0.717) is 42.7 Å². The third-order valence-electron chi connectivity index (χ3n) is 5.02. The van der Waals surface area contributed by atoms with Crippen molar-refractivity contribution in [3.05, 3.63) is 53.6 Å². The van der Waals surface area contributed by atoms with Gasteiger partial charge in [-0.05, 0) is 55.5 Å². The smallest absolute Gasteiger partial charge is 0.261 e. The van der Waals surface area contributed by atoms with Crippen LogP contribution in [0.15, 0.2) is 42.5 Å². The van der Waals surface area contributed by atoms with Crippen molar-refractivity contribution in [3.8, 4) is 17.2 Å². The molecule has 1 saturated heterocycles. The highest BCUT2D eigenvalue weighted by atomic mass is 16.5. The van der Waals surface area contributed by atoms with Gasteiger partial charge >= 0.3 is 0 Å². The lowest BCUT2D eigenvalue weighted by Gasteiger charge is -2.32. The molecule has 0 aromatic heterocycles. The topological polar surface area (TPSA) is 48.0 Å². The number of nitrogens with zero attached hydrogens (tertiary/aromatic N) is 1. The van der Waals surface area contributed by atoms with Gasteiger partial charge in [0.05, 0.1) is 20.8 Å². The number of hydrogen-bond acceptors (Lipinski definition) is 4. The largest absolute Gasteiger partial charge is 0.496 e. The number of carbonyl (C=O) groups excluding carboxylic acids is 1. The van der Waals surface area contributed by atoms with Gasteiger partial charge in [-0.2, -0.15) is 0 Å². The maximum atomic E-state index is 13.0. The molecule has 0 saturated carbocycles. The molecule has 1 fully saturated rings. The van der Waals surface area contributed by atoms with Gasteiger partial charge in [0.2, 0.25) is 0 Å². The molecule has 1 heterocycles. The molecule has 5 heteroatoms. The Balaban J connectivity index is 1.58. The van der Waals surface area contributed by atoms with E-state index in [1.165, 1.54) is 5.56 Å². The van der Waals surface area contributed by atoms with E-state index in [9.17, 15) is 4.79 Å². The number of piperidine rings is 1. The molecule has 0 N–H and O–H groups in total. The Labute approximate surface area is 160 Å². The third kappa shape index (κ3) is 4.54. The standard InChI is InChI=1S/C22H27NO4/c1-16-6-4-7-18(14-16)27-15-17-10-12-23(13-11-17)22(24)21-19(25-2)8-5-9-20(21)26-3/h4-9,14,17H,10-13,15H2,1-3H3. The number of methoxy groups -OCH3 is 2. The summed E-state index contributed by atoms with van der Waals surface area (Å²) in [7, 11) is 3.14. The summed E-state index contributed by atoms with van der Waals surface area (Å²) in [6.07, 6.45) is 1.85. The van der Waals surface area contributed by atoms with E-state index >= 15 is 0 Å². The molecule has 0 radical (unpaired) electrons. The van der Waals surface area contributed by atoms with E-state index in [0.717, 1.165) is 18.6 Å². The predicted octanol–water partition coefficient (Wildman–Crippen LogP) is 3.94. The molecule has 1 aliphatic heterocycles. The van der Waals surface area contributed by atoms with Gasteiger partial charge in [0, 0.05) is 13.1 Å². The Morgan fingerprint density at radius 3 is 2.26 bits per heavy atom. The van der Waals surface area contributed by atoms with Crippen LogP contribution in [-0.4, -0.2) is 44.7 Å². The van der Waals surface area contributed by atoms with Crippen molar-refractivity contribution < 1.29 is 19.0 Å². The zero-order valence-corrected chi connectivity index (χ0v) is 16.2. The number of aryl methyl sites for hydroxylation is 1. The maximum Gasteiger partial charge on any atom is 0.261 e. The number of benzene rings is 2. The number of rotatable bonds is 6. The number of ether oxygens (including phenoxy) is 3. The lowest BCUT2D eigenvalue weighted by molar-refractivity contribution is 0.0654. The highest BCUT2D eigenvalue weighted by molar-refractivity contribution is 5.99. The lowest BCUT2D eigenvalue weighted by atomic mass is 9.97. The number of amides is 1. The van der Waals surface area contributed by atoms with Crippen molar-refractivity contribution in [2.75, 3.05) is 33.9 Å². The van der Waals surface area contributed by atoms with Gasteiger partial charge in [-0.3, -0.25) is 4.79 Å². The van der Waals surface area contributed by atoms with Crippen LogP contribution in [0.1, 0.15) is 28.8 Å². The maximum absolute atomic E-state index is 13.0. The molecule has 0 atom stereocenters. The Bertz CT molecular complexity index is 759. The molecular weight excluding hydrogens is 342 g/mol. The van der Waals surface area contributed by atoms with Gasteiger partial charge in [0.15, 0.2) is 0 Å². The van der Waals surface area contributed by atoms with Crippen molar-refractivity contribution in [1.29, 1.82) is 0 Å². The summed E-state index contributed by atoms with van der Waals surface area (Å²) in [6, 6.07) is 13.5. The van der Waals surface area contributed by atoms with Gasteiger partial charge in [0.1, 0.15) is 22.8 Å². The summed E-state index contributed by atoms with van der Waals surface area (Å²) in [6.45, 7) is 4.16. The highest BCUT2D eigenvalue weighted by Crippen LogP contribution is 2.31. The van der Waals surface area contributed by atoms with Crippen LogP contribution >= 0.6 is 0 Å². The van der Waals surface area contributed by atoms with E-state index in [-0.39, 0.29) is 5.91 Å². The quantitative estimate of drug-likeness (QED) is 0.774. The Morgan fingerprint density at radius 1 is 1.04 bits per heavy atom. The van der Waals surface area contributed by atoms with E-state index in [2.05, 4.69) is 13.0 Å². The lowest BCUT2D eigenvalue weighted by Crippen LogP contribution is -2.40. The molecule has 2 aromatic rings. The van der Waals surface area contributed by atoms with Crippen LogP contribution in [0.3, 0.4) is 0 Å². The molecule has 3 rings (SSSR count). The second kappa shape index (κ2) is 8.80. The molecular formula is C22H27NO4. The van der Waals surface area contributed by atoms with Gasteiger partial charge < -0.3 is 19.1 Å². The number of likely N-dealkylation sites (tertiary alicyclic amines) is 1. The molecule has 0 unspecified atom stereocenters. The molecule has 1 aliphatic rings.